The van der Waals surface area contributed by atoms with Gasteiger partial charge >= 0.3 is 0 Å². The Kier molecular flexibility index (Phi) is 6.98. The maximum absolute atomic E-state index is 11.5. The summed E-state index contributed by atoms with van der Waals surface area (Å²) < 4.78 is 0. The van der Waals surface area contributed by atoms with Gasteiger partial charge in [-0.25, -0.2) is 0 Å². The van der Waals surface area contributed by atoms with Crippen LogP contribution in [-0.2, 0) is 14.4 Å². The molecule has 0 bridgehead atoms. The van der Waals surface area contributed by atoms with Gasteiger partial charge in [-0.3, -0.25) is 19.3 Å². The number of amides is 3. The van der Waals surface area contributed by atoms with Crippen LogP contribution in [0.2, 0.25) is 0 Å². The van der Waals surface area contributed by atoms with E-state index in [1.165, 1.54) is 17.1 Å². The molecular formula is C15H24N2O3. The van der Waals surface area contributed by atoms with E-state index in [2.05, 4.69) is 19.2 Å². The van der Waals surface area contributed by atoms with Crippen molar-refractivity contribution in [3.8, 4) is 0 Å². The molecule has 1 N–H and O–H groups in total. The summed E-state index contributed by atoms with van der Waals surface area (Å²) in [5.74, 6) is 0.211. The lowest BCUT2D eigenvalue weighted by molar-refractivity contribution is -0.136. The standard InChI is InChI=1S/C15H24N2O3/c1-12(2)9-10-16-13(18)6-4-3-5-11-17-14(19)7-8-15(17)20/h7-8,12H,3-6,9-11H2,1-2H3,(H,16,18). The molecular weight excluding hydrogens is 256 g/mol. The second-order valence-electron chi connectivity index (χ2n) is 5.50. The fourth-order valence-corrected chi connectivity index (χ4v) is 1.97. The van der Waals surface area contributed by atoms with Crippen molar-refractivity contribution in [2.75, 3.05) is 13.1 Å². The highest BCUT2D eigenvalue weighted by molar-refractivity contribution is 6.12. The molecule has 0 aliphatic carbocycles. The van der Waals surface area contributed by atoms with Crippen LogP contribution in [0, 0.1) is 5.92 Å². The van der Waals surface area contributed by atoms with Crippen molar-refractivity contribution < 1.29 is 14.4 Å². The minimum atomic E-state index is -0.235. The second kappa shape index (κ2) is 8.51. The topological polar surface area (TPSA) is 66.5 Å². The molecule has 0 aromatic heterocycles. The van der Waals surface area contributed by atoms with E-state index in [4.69, 9.17) is 0 Å². The number of nitrogens with zero attached hydrogens (tertiary/aromatic N) is 1. The van der Waals surface area contributed by atoms with Gasteiger partial charge in [-0.05, 0) is 25.2 Å². The van der Waals surface area contributed by atoms with Gasteiger partial charge in [0.05, 0.1) is 0 Å². The van der Waals surface area contributed by atoms with Crippen molar-refractivity contribution in [1.82, 2.24) is 10.2 Å². The Hall–Kier alpha value is -1.65. The largest absolute Gasteiger partial charge is 0.356 e. The maximum Gasteiger partial charge on any atom is 0.253 e. The van der Waals surface area contributed by atoms with E-state index in [0.29, 0.717) is 18.9 Å². The Morgan fingerprint density at radius 1 is 1.15 bits per heavy atom. The Labute approximate surface area is 120 Å². The average Bonchev–Trinajstić information content (AvgIpc) is 2.69. The molecule has 0 spiro atoms. The van der Waals surface area contributed by atoms with Crippen LogP contribution in [0.4, 0.5) is 0 Å². The van der Waals surface area contributed by atoms with Gasteiger partial charge in [0.25, 0.3) is 11.8 Å². The molecule has 20 heavy (non-hydrogen) atoms. The zero-order valence-electron chi connectivity index (χ0n) is 12.4. The Bertz CT molecular complexity index is 371. The Balaban J connectivity index is 2.01. The molecule has 112 valence electrons. The van der Waals surface area contributed by atoms with Gasteiger partial charge in [0, 0.05) is 31.7 Å². The number of nitrogens with one attached hydrogen (secondary N) is 1. The lowest BCUT2D eigenvalue weighted by Crippen LogP contribution is -2.30. The first-order valence-corrected chi connectivity index (χ1v) is 7.31. The quantitative estimate of drug-likeness (QED) is 0.515. The smallest absolute Gasteiger partial charge is 0.253 e. The van der Waals surface area contributed by atoms with Crippen LogP contribution >= 0.6 is 0 Å². The van der Waals surface area contributed by atoms with E-state index in [9.17, 15) is 14.4 Å². The van der Waals surface area contributed by atoms with Crippen molar-refractivity contribution in [2.24, 2.45) is 5.92 Å². The molecule has 1 heterocycles. The molecule has 0 aromatic rings. The molecule has 0 saturated heterocycles. The lowest BCUT2D eigenvalue weighted by atomic mass is 10.1. The first-order valence-electron chi connectivity index (χ1n) is 7.31. The van der Waals surface area contributed by atoms with E-state index in [-0.39, 0.29) is 17.7 Å². The number of carbonyl (C=O) groups is 3. The van der Waals surface area contributed by atoms with E-state index >= 15 is 0 Å². The molecule has 0 radical (unpaired) electrons. The molecule has 0 atom stereocenters. The molecule has 0 unspecified atom stereocenters. The van der Waals surface area contributed by atoms with Crippen LogP contribution in [0.15, 0.2) is 12.2 Å². The first-order chi connectivity index (χ1) is 9.50. The third-order valence-electron chi connectivity index (χ3n) is 3.23. The van der Waals surface area contributed by atoms with Crippen molar-refractivity contribution >= 4 is 17.7 Å². The van der Waals surface area contributed by atoms with Crippen LogP contribution in [0.1, 0.15) is 46.0 Å². The van der Waals surface area contributed by atoms with Crippen LogP contribution in [0.5, 0.6) is 0 Å². The van der Waals surface area contributed by atoms with Crippen LogP contribution in [0.3, 0.4) is 0 Å². The highest BCUT2D eigenvalue weighted by Crippen LogP contribution is 2.07. The van der Waals surface area contributed by atoms with E-state index in [0.717, 1.165) is 32.2 Å². The number of unbranched alkanes of at least 4 members (excludes halogenated alkanes) is 2. The normalized spacial score (nSPS) is 14.4. The fraction of sp³-hybridized carbons (Fsp3) is 0.667. The molecule has 5 nitrogen and oxygen atoms in total. The van der Waals surface area contributed by atoms with Crippen LogP contribution in [-0.4, -0.2) is 35.7 Å². The number of hydrogen-bond donors (Lipinski definition) is 1. The average molecular weight is 280 g/mol. The number of rotatable bonds is 9. The SMILES string of the molecule is CC(C)CCNC(=O)CCCCCN1C(=O)C=CC1=O. The zero-order chi connectivity index (χ0) is 15.0. The molecule has 1 rings (SSSR count). The molecule has 3 amide bonds. The van der Waals surface area contributed by atoms with Crippen molar-refractivity contribution in [1.29, 1.82) is 0 Å². The van der Waals surface area contributed by atoms with Crippen molar-refractivity contribution in [3.05, 3.63) is 12.2 Å². The number of carbonyl (C=O) groups excluding carboxylic acids is 3. The molecule has 0 saturated carbocycles. The van der Waals surface area contributed by atoms with Gasteiger partial charge < -0.3 is 5.32 Å². The van der Waals surface area contributed by atoms with Gasteiger partial charge in [0.15, 0.2) is 0 Å². The monoisotopic (exact) mass is 280 g/mol. The summed E-state index contributed by atoms with van der Waals surface area (Å²) in [4.78, 5) is 35.3. The van der Waals surface area contributed by atoms with Crippen molar-refractivity contribution in [2.45, 2.75) is 46.0 Å². The van der Waals surface area contributed by atoms with Crippen LogP contribution in [0.25, 0.3) is 0 Å². The van der Waals surface area contributed by atoms with Gasteiger partial charge in [-0.15, -0.1) is 0 Å². The van der Waals surface area contributed by atoms with Gasteiger partial charge in [0.2, 0.25) is 5.91 Å². The maximum atomic E-state index is 11.5. The summed E-state index contributed by atoms with van der Waals surface area (Å²) in [5, 5.41) is 2.89. The minimum Gasteiger partial charge on any atom is -0.356 e. The summed E-state index contributed by atoms with van der Waals surface area (Å²) >= 11 is 0. The molecule has 0 aromatic carbocycles. The Morgan fingerprint density at radius 2 is 1.80 bits per heavy atom. The predicted octanol–water partition coefficient (Wildman–Crippen LogP) is 1.63. The summed E-state index contributed by atoms with van der Waals surface area (Å²) in [6, 6.07) is 0. The summed E-state index contributed by atoms with van der Waals surface area (Å²) in [5.41, 5.74) is 0. The molecule has 1 aliphatic heterocycles. The van der Waals surface area contributed by atoms with Gasteiger partial charge in [-0.1, -0.05) is 20.3 Å². The number of imide groups is 1. The lowest BCUT2D eigenvalue weighted by Gasteiger charge is -2.13. The summed E-state index contributed by atoms with van der Waals surface area (Å²) in [6.07, 6.45) is 6.48. The second-order valence-corrected chi connectivity index (χ2v) is 5.50. The fourth-order valence-electron chi connectivity index (χ4n) is 1.97. The number of hydrogen-bond acceptors (Lipinski definition) is 3. The first kappa shape index (κ1) is 16.4. The Morgan fingerprint density at radius 3 is 2.40 bits per heavy atom. The zero-order valence-corrected chi connectivity index (χ0v) is 12.4. The molecule has 0 fully saturated rings. The van der Waals surface area contributed by atoms with Crippen LogP contribution < -0.4 is 5.32 Å². The van der Waals surface area contributed by atoms with Gasteiger partial charge in [-0.2, -0.15) is 0 Å². The third-order valence-corrected chi connectivity index (χ3v) is 3.23. The minimum absolute atomic E-state index is 0.0839. The molecule has 1 aliphatic rings. The summed E-state index contributed by atoms with van der Waals surface area (Å²) in [6.45, 7) is 5.43. The summed E-state index contributed by atoms with van der Waals surface area (Å²) in [7, 11) is 0. The highest BCUT2D eigenvalue weighted by Gasteiger charge is 2.22. The van der Waals surface area contributed by atoms with E-state index in [1.54, 1.807) is 0 Å². The third kappa shape index (κ3) is 5.99. The van der Waals surface area contributed by atoms with E-state index in [1.807, 2.05) is 0 Å². The van der Waals surface area contributed by atoms with E-state index < -0.39 is 0 Å². The highest BCUT2D eigenvalue weighted by atomic mass is 16.2. The molecule has 5 heteroatoms. The van der Waals surface area contributed by atoms with Gasteiger partial charge in [0.1, 0.15) is 0 Å². The van der Waals surface area contributed by atoms with Crippen molar-refractivity contribution in [3.63, 3.8) is 0 Å². The predicted molar refractivity (Wildman–Crippen MR) is 76.8 cm³/mol.